The molecule has 0 spiro atoms. The van der Waals surface area contributed by atoms with Crippen molar-refractivity contribution in [3.63, 3.8) is 0 Å². The molecule has 326 valence electrons. The number of carbonyl (C=O) groups excluding carboxylic acids is 2. The van der Waals surface area contributed by atoms with E-state index in [0.29, 0.717) is 24.6 Å². The summed E-state index contributed by atoms with van der Waals surface area (Å²) in [6.45, 7) is 14.7. The van der Waals surface area contributed by atoms with E-state index in [9.17, 15) is 9.59 Å². The maximum atomic E-state index is 14.1. The molecule has 2 aromatic heterocycles. The second-order valence-corrected chi connectivity index (χ2v) is 16.5. The van der Waals surface area contributed by atoms with Gasteiger partial charge in [-0.1, -0.05) is 65.2 Å². The Hall–Kier alpha value is -4.36. The smallest absolute Gasteiger partial charge is 0.418 e. The van der Waals surface area contributed by atoms with Crippen LogP contribution >= 0.6 is 0 Å². The first-order valence-corrected chi connectivity index (χ1v) is 22.5. The lowest BCUT2D eigenvalue weighted by Crippen LogP contribution is -2.48. The maximum absolute atomic E-state index is 14.1. The molecule has 0 N–H and O–H groups in total. The summed E-state index contributed by atoms with van der Waals surface area (Å²) in [5.41, 5.74) is 3.04. The molecule has 0 bridgehead atoms. The fraction of sp³-hybridized carbons (Fsp3) is 0.583. The van der Waals surface area contributed by atoms with E-state index in [0.717, 1.165) is 98.4 Å². The van der Waals surface area contributed by atoms with Gasteiger partial charge in [0.05, 0.1) is 25.3 Å². The van der Waals surface area contributed by atoms with Crippen LogP contribution in [-0.2, 0) is 19.1 Å². The minimum absolute atomic E-state index is 0.431. The summed E-state index contributed by atoms with van der Waals surface area (Å²) < 4.78 is 23.7. The molecular weight excluding hydrogens is 757 g/mol. The Morgan fingerprint density at radius 2 is 0.917 bits per heavy atom. The van der Waals surface area contributed by atoms with Gasteiger partial charge < -0.3 is 28.7 Å². The zero-order valence-corrected chi connectivity index (χ0v) is 36.6. The SMILES string of the molecule is CCCCCCCN1CCN(C[C@H](OC(=O)C(=O)O[C@@H](CN2CCN(CCCCCCC)CC2)c2ccnc3ccc(OC)cc23)c2ccnc3ccc(OC)cc23)CC1. The molecule has 0 amide bonds. The molecular formula is C48H68N6O6. The molecule has 2 aliphatic heterocycles. The van der Waals surface area contributed by atoms with Crippen molar-refractivity contribution in [3.05, 3.63) is 72.1 Å². The molecule has 12 nitrogen and oxygen atoms in total. The van der Waals surface area contributed by atoms with Crippen LogP contribution in [0.2, 0.25) is 0 Å². The summed E-state index contributed by atoms with van der Waals surface area (Å²) in [6.07, 6.45) is 14.6. The van der Waals surface area contributed by atoms with E-state index < -0.39 is 24.1 Å². The number of carbonyl (C=O) groups is 2. The van der Waals surface area contributed by atoms with Gasteiger partial charge >= 0.3 is 11.9 Å². The van der Waals surface area contributed by atoms with Crippen molar-refractivity contribution in [3.8, 4) is 11.5 Å². The molecule has 0 saturated carbocycles. The number of benzene rings is 2. The standard InChI is InChI=1S/C48H68N6O6/c1-5-7-9-11-13-23-51-25-29-53(30-26-51)35-45(39-19-21-49-43-17-15-37(57-3)33-41(39)43)59-47(55)48(56)60-46(40-20-22-50-44-18-16-38(58-4)34-42(40)44)36-54-31-27-52(28-32-54)24-14-12-10-8-6-2/h15-22,33-34,45-46H,5-14,23-32,35-36H2,1-4H3/t45-,46-/m0/s1. The number of hydrogen-bond donors (Lipinski definition) is 0. The number of rotatable bonds is 22. The first kappa shape index (κ1) is 45.2. The van der Waals surface area contributed by atoms with Crippen LogP contribution in [0.3, 0.4) is 0 Å². The summed E-state index contributed by atoms with van der Waals surface area (Å²) in [5.74, 6) is -0.698. The Morgan fingerprint density at radius 1 is 0.533 bits per heavy atom. The van der Waals surface area contributed by atoms with Crippen molar-refractivity contribution in [2.45, 2.75) is 90.3 Å². The highest BCUT2D eigenvalue weighted by atomic mass is 16.6. The molecule has 0 aliphatic carbocycles. The quantitative estimate of drug-likeness (QED) is 0.0438. The lowest BCUT2D eigenvalue weighted by molar-refractivity contribution is -0.175. The van der Waals surface area contributed by atoms with Crippen LogP contribution in [0, 0.1) is 0 Å². The second-order valence-electron chi connectivity index (χ2n) is 16.5. The highest BCUT2D eigenvalue weighted by molar-refractivity contribution is 6.29. The average molecular weight is 825 g/mol. The number of fused-ring (bicyclic) bond motifs is 2. The van der Waals surface area contributed by atoms with Crippen molar-refractivity contribution in [1.82, 2.24) is 29.6 Å². The van der Waals surface area contributed by atoms with E-state index in [-0.39, 0.29) is 0 Å². The third-order valence-corrected chi connectivity index (χ3v) is 12.3. The number of esters is 2. The van der Waals surface area contributed by atoms with Gasteiger partial charge in [-0.15, -0.1) is 0 Å². The number of piperazine rings is 2. The molecule has 2 saturated heterocycles. The van der Waals surface area contributed by atoms with E-state index in [1.807, 2.05) is 48.5 Å². The number of pyridine rings is 2. The first-order valence-electron chi connectivity index (χ1n) is 22.5. The molecule has 2 aromatic carbocycles. The van der Waals surface area contributed by atoms with Gasteiger partial charge in [-0.05, 0) is 74.5 Å². The van der Waals surface area contributed by atoms with Crippen LogP contribution in [0.25, 0.3) is 21.8 Å². The molecule has 4 aromatic rings. The maximum Gasteiger partial charge on any atom is 0.418 e. The molecule has 0 radical (unpaired) electrons. The van der Waals surface area contributed by atoms with Crippen LogP contribution in [-0.4, -0.2) is 134 Å². The van der Waals surface area contributed by atoms with Crippen LogP contribution in [0.5, 0.6) is 11.5 Å². The summed E-state index contributed by atoms with van der Waals surface area (Å²) in [4.78, 5) is 47.1. The fourth-order valence-corrected chi connectivity index (χ4v) is 8.60. The Balaban J connectivity index is 1.19. The zero-order chi connectivity index (χ0) is 42.1. The predicted octanol–water partition coefficient (Wildman–Crippen LogP) is 7.85. The highest BCUT2D eigenvalue weighted by Gasteiger charge is 2.32. The van der Waals surface area contributed by atoms with Gasteiger partial charge in [-0.2, -0.15) is 0 Å². The molecule has 4 heterocycles. The Bertz CT molecular complexity index is 1810. The molecule has 2 fully saturated rings. The molecule has 2 atom stereocenters. The van der Waals surface area contributed by atoms with E-state index in [4.69, 9.17) is 18.9 Å². The Kier molecular flexibility index (Phi) is 17.8. The van der Waals surface area contributed by atoms with Crippen LogP contribution in [0.1, 0.15) is 101 Å². The zero-order valence-electron chi connectivity index (χ0n) is 36.6. The number of nitrogens with zero attached hydrogens (tertiary/aromatic N) is 6. The molecule has 12 heteroatoms. The first-order chi connectivity index (χ1) is 29.4. The summed E-state index contributed by atoms with van der Waals surface area (Å²) in [6, 6.07) is 15.1. The van der Waals surface area contributed by atoms with Crippen molar-refractivity contribution in [1.29, 1.82) is 0 Å². The van der Waals surface area contributed by atoms with Crippen molar-refractivity contribution in [2.75, 3.05) is 92.8 Å². The lowest BCUT2D eigenvalue weighted by Gasteiger charge is -2.37. The number of methoxy groups -OCH3 is 2. The number of hydrogen-bond acceptors (Lipinski definition) is 12. The van der Waals surface area contributed by atoms with Crippen molar-refractivity contribution >= 4 is 33.7 Å². The number of unbranched alkanes of at least 4 members (excludes halogenated alkanes) is 8. The normalized spacial score (nSPS) is 16.8. The lowest BCUT2D eigenvalue weighted by atomic mass is 10.0. The third-order valence-electron chi connectivity index (χ3n) is 12.3. The summed E-state index contributed by atoms with van der Waals surface area (Å²) in [5, 5.41) is 1.62. The van der Waals surface area contributed by atoms with Gasteiger partial charge in [-0.3, -0.25) is 19.8 Å². The number of ether oxygens (including phenoxy) is 4. The average Bonchev–Trinajstić information content (AvgIpc) is 3.28. The van der Waals surface area contributed by atoms with E-state index >= 15 is 0 Å². The van der Waals surface area contributed by atoms with E-state index in [2.05, 4.69) is 43.4 Å². The second kappa shape index (κ2) is 23.6. The topological polar surface area (TPSA) is 110 Å². The molecule has 60 heavy (non-hydrogen) atoms. The summed E-state index contributed by atoms with van der Waals surface area (Å²) >= 11 is 0. The van der Waals surface area contributed by atoms with Gasteiger partial charge in [0.25, 0.3) is 0 Å². The third kappa shape index (κ3) is 12.8. The van der Waals surface area contributed by atoms with Crippen molar-refractivity contribution in [2.24, 2.45) is 0 Å². The van der Waals surface area contributed by atoms with Gasteiger partial charge in [0.1, 0.15) is 23.7 Å². The van der Waals surface area contributed by atoms with E-state index in [1.54, 1.807) is 26.6 Å². The Labute approximate surface area is 357 Å². The van der Waals surface area contributed by atoms with Gasteiger partial charge in [0.2, 0.25) is 0 Å². The summed E-state index contributed by atoms with van der Waals surface area (Å²) in [7, 11) is 3.25. The van der Waals surface area contributed by atoms with E-state index in [1.165, 1.54) is 64.2 Å². The van der Waals surface area contributed by atoms with Gasteiger partial charge in [0.15, 0.2) is 0 Å². The van der Waals surface area contributed by atoms with Crippen LogP contribution in [0.4, 0.5) is 0 Å². The minimum Gasteiger partial charge on any atom is -0.497 e. The van der Waals surface area contributed by atoms with Gasteiger partial charge in [0, 0.05) is 99.7 Å². The predicted molar refractivity (Wildman–Crippen MR) is 238 cm³/mol. The monoisotopic (exact) mass is 825 g/mol. The largest absolute Gasteiger partial charge is 0.497 e. The Morgan fingerprint density at radius 3 is 1.30 bits per heavy atom. The highest BCUT2D eigenvalue weighted by Crippen LogP contribution is 2.32. The number of aromatic nitrogens is 2. The van der Waals surface area contributed by atoms with Crippen LogP contribution in [0.15, 0.2) is 60.9 Å². The fourth-order valence-electron chi connectivity index (χ4n) is 8.60. The van der Waals surface area contributed by atoms with Crippen molar-refractivity contribution < 1.29 is 28.5 Å². The minimum atomic E-state index is -1.02. The van der Waals surface area contributed by atoms with Crippen LogP contribution < -0.4 is 9.47 Å². The van der Waals surface area contributed by atoms with Gasteiger partial charge in [-0.25, -0.2) is 9.59 Å². The molecule has 0 unspecified atom stereocenters. The molecule has 6 rings (SSSR count). The molecule has 2 aliphatic rings.